The van der Waals surface area contributed by atoms with Gasteiger partial charge in [-0.05, 0) is 46.3 Å². The molecule has 0 unspecified atom stereocenters. The Kier molecular flexibility index (Phi) is 3.80. The molecule has 9 heteroatoms. The number of rotatable bonds is 2. The Morgan fingerprint density at radius 1 is 1.12 bits per heavy atom. The van der Waals surface area contributed by atoms with E-state index < -0.39 is 11.9 Å². The lowest BCUT2D eigenvalue weighted by molar-refractivity contribution is -0.141. The van der Waals surface area contributed by atoms with Gasteiger partial charge in [0.2, 0.25) is 0 Å². The van der Waals surface area contributed by atoms with Crippen molar-refractivity contribution in [2.75, 3.05) is 0 Å². The third kappa shape index (κ3) is 2.66. The molecule has 1 aromatic carbocycles. The van der Waals surface area contributed by atoms with Crippen LogP contribution >= 0.6 is 15.9 Å². The van der Waals surface area contributed by atoms with E-state index in [-0.39, 0.29) is 11.6 Å². The average molecular weight is 424 g/mol. The van der Waals surface area contributed by atoms with Crippen LogP contribution in [-0.4, -0.2) is 24.7 Å². The number of hydrogen-bond donors (Lipinski definition) is 1. The molecule has 3 aromatic heterocycles. The highest BCUT2D eigenvalue weighted by atomic mass is 79.9. The van der Waals surface area contributed by atoms with Gasteiger partial charge in [0.25, 0.3) is 0 Å². The lowest BCUT2D eigenvalue weighted by atomic mass is 10.2. The second-order valence-electron chi connectivity index (χ2n) is 6.24. The quantitative estimate of drug-likeness (QED) is 0.481. The summed E-state index contributed by atoms with van der Waals surface area (Å²) in [5, 5.41) is 7.79. The first-order valence-corrected chi connectivity index (χ1v) is 8.65. The summed E-state index contributed by atoms with van der Waals surface area (Å²) in [4.78, 5) is 8.36. The molecule has 5 nitrogen and oxygen atoms in total. The molecule has 0 aliphatic heterocycles. The molecule has 0 spiro atoms. The molecule has 0 saturated heterocycles. The highest BCUT2D eigenvalue weighted by molar-refractivity contribution is 9.10. The molecule has 3 heterocycles. The van der Waals surface area contributed by atoms with Crippen LogP contribution in [0, 0.1) is 0 Å². The summed E-state index contributed by atoms with van der Waals surface area (Å²) in [5.74, 6) is 0.646. The van der Waals surface area contributed by atoms with Crippen LogP contribution in [0.2, 0.25) is 0 Å². The lowest BCUT2D eigenvalue weighted by Gasteiger charge is -2.12. The van der Waals surface area contributed by atoms with Gasteiger partial charge in [0.05, 0.1) is 5.52 Å². The zero-order valence-electron chi connectivity index (χ0n) is 13.8. The topological polar surface area (TPSA) is 59.4 Å². The van der Waals surface area contributed by atoms with Crippen molar-refractivity contribution in [3.8, 4) is 5.69 Å². The highest BCUT2D eigenvalue weighted by Gasteiger charge is 2.33. The molecule has 0 fully saturated rings. The molecule has 1 N–H and O–H groups in total. The summed E-state index contributed by atoms with van der Waals surface area (Å²) in [6.45, 7) is 3.88. The van der Waals surface area contributed by atoms with Gasteiger partial charge in [-0.15, -0.1) is 0 Å². The summed E-state index contributed by atoms with van der Waals surface area (Å²) in [5.41, 5.74) is 1.17. The number of H-pyrrole nitrogens is 1. The second kappa shape index (κ2) is 5.80. The van der Waals surface area contributed by atoms with Gasteiger partial charge in [-0.25, -0.2) is 9.97 Å². The third-order valence-electron chi connectivity index (χ3n) is 4.10. The predicted molar refractivity (Wildman–Crippen MR) is 95.3 cm³/mol. The smallest absolute Gasteiger partial charge is 0.280 e. The van der Waals surface area contributed by atoms with Crippen LogP contribution in [-0.2, 0) is 6.18 Å². The van der Waals surface area contributed by atoms with Gasteiger partial charge in [-0.1, -0.05) is 13.8 Å². The van der Waals surface area contributed by atoms with Crippen LogP contribution < -0.4 is 0 Å². The van der Waals surface area contributed by atoms with Crippen LogP contribution in [0.15, 0.2) is 34.9 Å². The van der Waals surface area contributed by atoms with Crippen molar-refractivity contribution in [1.82, 2.24) is 24.7 Å². The molecule has 4 rings (SSSR count). The maximum absolute atomic E-state index is 13.1. The third-order valence-corrected chi connectivity index (χ3v) is 4.70. The van der Waals surface area contributed by atoms with Gasteiger partial charge < -0.3 is 0 Å². The lowest BCUT2D eigenvalue weighted by Crippen LogP contribution is -2.09. The van der Waals surface area contributed by atoms with Crippen LogP contribution in [0.25, 0.3) is 27.8 Å². The van der Waals surface area contributed by atoms with Crippen LogP contribution in [0.1, 0.15) is 31.3 Å². The number of aromatic amines is 1. The highest BCUT2D eigenvalue weighted by Crippen LogP contribution is 2.32. The van der Waals surface area contributed by atoms with E-state index in [0.717, 1.165) is 17.0 Å². The molecular formula is C17H13BrF3N5. The number of hydrogen-bond acceptors (Lipinski definition) is 3. The van der Waals surface area contributed by atoms with Gasteiger partial charge >= 0.3 is 6.18 Å². The Labute approximate surface area is 154 Å². The van der Waals surface area contributed by atoms with E-state index in [1.807, 2.05) is 32.0 Å². The van der Waals surface area contributed by atoms with E-state index in [1.54, 1.807) is 4.57 Å². The molecule has 4 aromatic rings. The summed E-state index contributed by atoms with van der Waals surface area (Å²) in [6, 6.07) is 7.80. The molecule has 0 atom stereocenters. The zero-order chi connectivity index (χ0) is 18.6. The fourth-order valence-electron chi connectivity index (χ4n) is 2.88. The minimum absolute atomic E-state index is 0.00187. The van der Waals surface area contributed by atoms with E-state index in [1.165, 1.54) is 6.07 Å². The number of imidazole rings is 1. The number of nitrogens with zero attached hydrogens (tertiary/aromatic N) is 4. The summed E-state index contributed by atoms with van der Waals surface area (Å²) in [6.07, 6.45) is -4.52. The van der Waals surface area contributed by atoms with Crippen LogP contribution in [0.5, 0.6) is 0 Å². The van der Waals surface area contributed by atoms with Crippen molar-refractivity contribution in [2.45, 2.75) is 25.9 Å². The second-order valence-corrected chi connectivity index (χ2v) is 6.99. The van der Waals surface area contributed by atoms with Gasteiger partial charge in [-0.3, -0.25) is 9.67 Å². The zero-order valence-corrected chi connectivity index (χ0v) is 15.4. The van der Waals surface area contributed by atoms with Crippen LogP contribution in [0.4, 0.5) is 13.2 Å². The van der Waals surface area contributed by atoms with E-state index in [0.29, 0.717) is 21.6 Å². The molecule has 0 saturated carbocycles. The standard InChI is InChI=1S/C17H13BrF3N5/c1-8(2)15-22-12-5-6-13(17(19,20)21)23-16(12)26(15)9-3-4-11-10(7-9)14(18)25-24-11/h3-8H,1-2H3,(H,24,25). The molecular weight excluding hydrogens is 411 g/mol. The molecule has 0 aliphatic carbocycles. The van der Waals surface area contributed by atoms with E-state index in [9.17, 15) is 13.2 Å². The largest absolute Gasteiger partial charge is 0.433 e. The molecule has 134 valence electrons. The maximum Gasteiger partial charge on any atom is 0.433 e. The Morgan fingerprint density at radius 3 is 2.58 bits per heavy atom. The normalized spacial score (nSPS) is 12.6. The van der Waals surface area contributed by atoms with Gasteiger partial charge in [0, 0.05) is 17.0 Å². The monoisotopic (exact) mass is 423 g/mol. The summed E-state index contributed by atoms with van der Waals surface area (Å²) < 4.78 is 41.7. The first kappa shape index (κ1) is 17.0. The van der Waals surface area contributed by atoms with Gasteiger partial charge in [-0.2, -0.15) is 18.3 Å². The molecule has 0 aliphatic rings. The number of alkyl halides is 3. The predicted octanol–water partition coefficient (Wildman–Crippen LogP) is 5.20. The number of aromatic nitrogens is 5. The van der Waals surface area contributed by atoms with E-state index >= 15 is 0 Å². The number of benzene rings is 1. The van der Waals surface area contributed by atoms with Crippen molar-refractivity contribution in [1.29, 1.82) is 0 Å². The summed E-state index contributed by atoms with van der Waals surface area (Å²) in [7, 11) is 0. The Morgan fingerprint density at radius 2 is 1.88 bits per heavy atom. The molecule has 26 heavy (non-hydrogen) atoms. The Hall–Kier alpha value is -2.42. The minimum atomic E-state index is -4.52. The Bertz CT molecular complexity index is 1130. The molecule has 0 amide bonds. The number of halogens is 4. The van der Waals surface area contributed by atoms with Crippen molar-refractivity contribution >= 4 is 38.0 Å². The van der Waals surface area contributed by atoms with Gasteiger partial charge in [0.1, 0.15) is 21.6 Å². The van der Waals surface area contributed by atoms with Crippen molar-refractivity contribution in [3.05, 3.63) is 46.5 Å². The minimum Gasteiger partial charge on any atom is -0.280 e. The Balaban J connectivity index is 2.04. The fourth-order valence-corrected chi connectivity index (χ4v) is 3.30. The number of pyridine rings is 1. The number of nitrogens with one attached hydrogen (secondary N) is 1. The SMILES string of the molecule is CC(C)c1nc2ccc(C(F)(F)F)nc2n1-c1ccc2[nH]nc(Br)c2c1. The van der Waals surface area contributed by atoms with E-state index in [2.05, 4.69) is 36.1 Å². The van der Waals surface area contributed by atoms with Crippen molar-refractivity contribution in [2.24, 2.45) is 0 Å². The van der Waals surface area contributed by atoms with Gasteiger partial charge in [0.15, 0.2) is 5.65 Å². The first-order chi connectivity index (χ1) is 12.3. The van der Waals surface area contributed by atoms with Crippen molar-refractivity contribution in [3.63, 3.8) is 0 Å². The number of fused-ring (bicyclic) bond motifs is 2. The van der Waals surface area contributed by atoms with Crippen molar-refractivity contribution < 1.29 is 13.2 Å². The molecule has 0 bridgehead atoms. The summed E-state index contributed by atoms with van der Waals surface area (Å²) >= 11 is 3.37. The fraction of sp³-hybridized carbons (Fsp3) is 0.235. The van der Waals surface area contributed by atoms with E-state index in [4.69, 9.17) is 0 Å². The van der Waals surface area contributed by atoms with Crippen LogP contribution in [0.3, 0.4) is 0 Å². The molecule has 0 radical (unpaired) electrons. The average Bonchev–Trinajstić information content (AvgIpc) is 3.14. The first-order valence-electron chi connectivity index (χ1n) is 7.86. The maximum atomic E-state index is 13.1.